The van der Waals surface area contributed by atoms with Crippen molar-refractivity contribution in [3.8, 4) is 11.8 Å². The third kappa shape index (κ3) is 3.69. The summed E-state index contributed by atoms with van der Waals surface area (Å²) < 4.78 is 5.62. The second kappa shape index (κ2) is 6.55. The number of rotatable bonds is 5. The number of nitrogens with zero attached hydrogens (tertiary/aromatic N) is 2. The normalized spacial score (nSPS) is 19.3. The van der Waals surface area contributed by atoms with Gasteiger partial charge in [0.25, 0.3) is 0 Å². The van der Waals surface area contributed by atoms with Gasteiger partial charge in [-0.15, -0.1) is 0 Å². The summed E-state index contributed by atoms with van der Waals surface area (Å²) in [6.45, 7) is 5.64. The number of nitriles is 1. The van der Waals surface area contributed by atoms with E-state index in [1.807, 2.05) is 19.1 Å². The summed E-state index contributed by atoms with van der Waals surface area (Å²) in [4.78, 5) is 2.37. The zero-order chi connectivity index (χ0) is 13.7. The summed E-state index contributed by atoms with van der Waals surface area (Å²) in [5.41, 5.74) is 7.71. The fourth-order valence-electron chi connectivity index (χ4n) is 2.48. The predicted octanol–water partition coefficient (Wildman–Crippen LogP) is 1.53. The monoisotopic (exact) mass is 259 g/mol. The largest absolute Gasteiger partial charge is 0.494 e. The van der Waals surface area contributed by atoms with Gasteiger partial charge in [0.15, 0.2) is 0 Å². The molecule has 0 radical (unpaired) electrons. The molecule has 0 aliphatic carbocycles. The van der Waals surface area contributed by atoms with Crippen LogP contribution in [0.4, 0.5) is 0 Å². The summed E-state index contributed by atoms with van der Waals surface area (Å²) >= 11 is 0. The van der Waals surface area contributed by atoms with E-state index in [9.17, 15) is 0 Å². The molecule has 1 aromatic carbocycles. The topological polar surface area (TPSA) is 62.3 Å². The average Bonchev–Trinajstić information content (AvgIpc) is 2.83. The molecule has 4 nitrogen and oxygen atoms in total. The zero-order valence-corrected chi connectivity index (χ0v) is 11.4. The highest BCUT2D eigenvalue weighted by Gasteiger charge is 2.18. The van der Waals surface area contributed by atoms with Gasteiger partial charge in [0.05, 0.1) is 18.2 Å². The molecular formula is C15H21N3O. The third-order valence-electron chi connectivity index (χ3n) is 3.50. The molecule has 1 aliphatic rings. The molecule has 0 spiro atoms. The highest BCUT2D eigenvalue weighted by Crippen LogP contribution is 2.21. The fraction of sp³-hybridized carbons (Fsp3) is 0.533. The van der Waals surface area contributed by atoms with E-state index in [2.05, 4.69) is 11.0 Å². The molecule has 0 saturated carbocycles. The van der Waals surface area contributed by atoms with Gasteiger partial charge in [-0.2, -0.15) is 5.26 Å². The lowest BCUT2D eigenvalue weighted by molar-refractivity contribution is 0.322. The number of ether oxygens (including phenoxy) is 1. The van der Waals surface area contributed by atoms with Crippen LogP contribution >= 0.6 is 0 Å². The Labute approximate surface area is 114 Å². The average molecular weight is 259 g/mol. The number of benzene rings is 1. The zero-order valence-electron chi connectivity index (χ0n) is 11.4. The summed E-state index contributed by atoms with van der Waals surface area (Å²) in [5.74, 6) is 0.894. The van der Waals surface area contributed by atoms with Gasteiger partial charge in [-0.25, -0.2) is 0 Å². The molecule has 19 heavy (non-hydrogen) atoms. The fourth-order valence-corrected chi connectivity index (χ4v) is 2.48. The minimum atomic E-state index is 0.316. The summed E-state index contributed by atoms with van der Waals surface area (Å²) in [6, 6.07) is 8.13. The minimum absolute atomic E-state index is 0.316. The van der Waals surface area contributed by atoms with Gasteiger partial charge in [0.2, 0.25) is 0 Å². The maximum absolute atomic E-state index is 8.98. The van der Waals surface area contributed by atoms with E-state index in [-0.39, 0.29) is 0 Å². The van der Waals surface area contributed by atoms with Crippen molar-refractivity contribution in [1.29, 1.82) is 5.26 Å². The molecule has 1 fully saturated rings. The molecular weight excluding hydrogens is 238 g/mol. The molecule has 102 valence electrons. The van der Waals surface area contributed by atoms with Crippen LogP contribution in [0.15, 0.2) is 18.2 Å². The summed E-state index contributed by atoms with van der Waals surface area (Å²) in [5, 5.41) is 8.98. The lowest BCUT2D eigenvalue weighted by Gasteiger charge is -2.16. The molecule has 0 unspecified atom stereocenters. The molecule has 0 amide bonds. The van der Waals surface area contributed by atoms with Gasteiger partial charge < -0.3 is 15.4 Å². The van der Waals surface area contributed by atoms with Crippen LogP contribution in [0.5, 0.6) is 5.75 Å². The second-order valence-electron chi connectivity index (χ2n) is 4.97. The summed E-state index contributed by atoms with van der Waals surface area (Å²) in [6.07, 6.45) is 1.98. The third-order valence-corrected chi connectivity index (χ3v) is 3.50. The van der Waals surface area contributed by atoms with Crippen molar-refractivity contribution in [2.24, 2.45) is 5.73 Å². The first-order valence-corrected chi connectivity index (χ1v) is 6.86. The highest BCUT2D eigenvalue weighted by molar-refractivity contribution is 5.42. The number of hydrogen-bond acceptors (Lipinski definition) is 4. The van der Waals surface area contributed by atoms with Gasteiger partial charge in [0, 0.05) is 19.1 Å². The van der Waals surface area contributed by atoms with Crippen LogP contribution in [0.3, 0.4) is 0 Å². The smallest absolute Gasteiger partial charge is 0.122 e. The molecule has 2 N–H and O–H groups in total. The molecule has 1 heterocycles. The standard InChI is InChI=1S/C15H21N3O/c1-2-19-15-4-3-12(10-16)9-13(15)5-7-18-8-6-14(17)11-18/h3-4,9,14H,2,5-8,11,17H2,1H3/t14-/m1/s1. The van der Waals surface area contributed by atoms with Crippen molar-refractivity contribution in [2.45, 2.75) is 25.8 Å². The van der Waals surface area contributed by atoms with E-state index in [4.69, 9.17) is 15.7 Å². The van der Waals surface area contributed by atoms with E-state index < -0.39 is 0 Å². The van der Waals surface area contributed by atoms with Gasteiger partial charge in [-0.05, 0) is 50.1 Å². The number of hydrogen-bond donors (Lipinski definition) is 1. The Morgan fingerprint density at radius 3 is 3.00 bits per heavy atom. The molecule has 1 aromatic rings. The van der Waals surface area contributed by atoms with Gasteiger partial charge in [0.1, 0.15) is 5.75 Å². The van der Waals surface area contributed by atoms with Crippen LogP contribution < -0.4 is 10.5 Å². The molecule has 0 bridgehead atoms. The van der Waals surface area contributed by atoms with Crippen LogP contribution in [-0.2, 0) is 6.42 Å². The van der Waals surface area contributed by atoms with Crippen molar-refractivity contribution >= 4 is 0 Å². The van der Waals surface area contributed by atoms with Crippen LogP contribution in [0, 0.1) is 11.3 Å². The molecule has 4 heteroatoms. The second-order valence-corrected chi connectivity index (χ2v) is 4.97. The van der Waals surface area contributed by atoms with Crippen molar-refractivity contribution in [3.05, 3.63) is 29.3 Å². The Kier molecular flexibility index (Phi) is 4.78. The Hall–Kier alpha value is -1.57. The SMILES string of the molecule is CCOc1ccc(C#N)cc1CCN1CC[C@@H](N)C1. The quantitative estimate of drug-likeness (QED) is 0.871. The number of nitrogens with two attached hydrogens (primary N) is 1. The summed E-state index contributed by atoms with van der Waals surface area (Å²) in [7, 11) is 0. The lowest BCUT2D eigenvalue weighted by Crippen LogP contribution is -2.28. The molecule has 0 aromatic heterocycles. The van der Waals surface area contributed by atoms with Crippen LogP contribution in [0.1, 0.15) is 24.5 Å². The van der Waals surface area contributed by atoms with Gasteiger partial charge in [-0.1, -0.05) is 0 Å². The molecule has 1 saturated heterocycles. The van der Waals surface area contributed by atoms with Crippen LogP contribution in [0.2, 0.25) is 0 Å². The minimum Gasteiger partial charge on any atom is -0.494 e. The van der Waals surface area contributed by atoms with Crippen molar-refractivity contribution in [1.82, 2.24) is 4.90 Å². The molecule has 2 rings (SSSR count). The van der Waals surface area contributed by atoms with Gasteiger partial charge in [-0.3, -0.25) is 0 Å². The van der Waals surface area contributed by atoms with E-state index in [0.29, 0.717) is 18.2 Å². The molecule has 1 aliphatic heterocycles. The first-order chi connectivity index (χ1) is 9.22. The van der Waals surface area contributed by atoms with Crippen LogP contribution in [-0.4, -0.2) is 37.2 Å². The maximum Gasteiger partial charge on any atom is 0.122 e. The van der Waals surface area contributed by atoms with Crippen molar-refractivity contribution < 1.29 is 4.74 Å². The predicted molar refractivity (Wildman–Crippen MR) is 75.1 cm³/mol. The lowest BCUT2D eigenvalue weighted by atomic mass is 10.1. The number of likely N-dealkylation sites (tertiary alicyclic amines) is 1. The maximum atomic E-state index is 8.98. The Morgan fingerprint density at radius 2 is 2.37 bits per heavy atom. The Balaban J connectivity index is 2.02. The Bertz CT molecular complexity index is 467. The van der Waals surface area contributed by atoms with E-state index >= 15 is 0 Å². The molecule has 1 atom stereocenters. The first-order valence-electron chi connectivity index (χ1n) is 6.86. The highest BCUT2D eigenvalue weighted by atomic mass is 16.5. The van der Waals surface area contributed by atoms with Crippen molar-refractivity contribution in [2.75, 3.05) is 26.2 Å². The Morgan fingerprint density at radius 1 is 1.53 bits per heavy atom. The van der Waals surface area contributed by atoms with Crippen molar-refractivity contribution in [3.63, 3.8) is 0 Å². The van der Waals surface area contributed by atoms with Gasteiger partial charge >= 0.3 is 0 Å². The first kappa shape index (κ1) is 13.9. The van der Waals surface area contributed by atoms with E-state index in [0.717, 1.165) is 43.8 Å². The van der Waals surface area contributed by atoms with E-state index in [1.54, 1.807) is 6.07 Å². The van der Waals surface area contributed by atoms with Crippen LogP contribution in [0.25, 0.3) is 0 Å². The van der Waals surface area contributed by atoms with E-state index in [1.165, 1.54) is 0 Å².